The summed E-state index contributed by atoms with van der Waals surface area (Å²) in [6.07, 6.45) is 1.51. The molecule has 0 bridgehead atoms. The van der Waals surface area contributed by atoms with Crippen molar-refractivity contribution in [2.45, 2.75) is 44.1 Å². The van der Waals surface area contributed by atoms with Crippen LogP contribution >= 0.6 is 0 Å². The van der Waals surface area contributed by atoms with E-state index >= 15 is 0 Å². The monoisotopic (exact) mass is 208 g/mol. The van der Waals surface area contributed by atoms with E-state index in [0.717, 1.165) is 6.42 Å². The lowest BCUT2D eigenvalue weighted by Crippen LogP contribution is -2.58. The van der Waals surface area contributed by atoms with Crippen molar-refractivity contribution in [1.82, 2.24) is 0 Å². The maximum atomic E-state index is 13.2. The lowest BCUT2D eigenvalue weighted by molar-refractivity contribution is -0.229. The number of rotatable bonds is 2. The predicted octanol–water partition coefficient (Wildman–Crippen LogP) is 1.65. The van der Waals surface area contributed by atoms with Gasteiger partial charge in [-0.3, -0.25) is 0 Å². The molecule has 0 aliphatic heterocycles. The van der Waals surface area contributed by atoms with E-state index in [-0.39, 0.29) is 6.42 Å². The zero-order valence-electron chi connectivity index (χ0n) is 7.96. The molecule has 0 saturated heterocycles. The van der Waals surface area contributed by atoms with Crippen molar-refractivity contribution < 1.29 is 23.8 Å². The molecule has 1 aliphatic carbocycles. The van der Waals surface area contributed by atoms with Crippen molar-refractivity contribution in [3.63, 3.8) is 0 Å². The number of carboxylic acid groups (broad SMARTS) is 1. The summed E-state index contributed by atoms with van der Waals surface area (Å²) < 4.78 is 26.4. The minimum atomic E-state index is -4.05. The molecule has 14 heavy (non-hydrogen) atoms. The second-order valence-electron chi connectivity index (χ2n) is 3.95. The Morgan fingerprint density at radius 2 is 2.07 bits per heavy atom. The third kappa shape index (κ3) is 1.49. The first-order chi connectivity index (χ1) is 6.32. The van der Waals surface area contributed by atoms with Crippen molar-refractivity contribution in [3.05, 3.63) is 0 Å². The summed E-state index contributed by atoms with van der Waals surface area (Å²) in [7, 11) is 0. The van der Waals surface area contributed by atoms with Gasteiger partial charge in [-0.2, -0.15) is 8.78 Å². The van der Waals surface area contributed by atoms with Crippen LogP contribution in [0.5, 0.6) is 0 Å². The number of carboxylic acids is 1. The summed E-state index contributed by atoms with van der Waals surface area (Å²) >= 11 is 0. The SMILES string of the molecule is CC1CCCCC1(O)C(F)(F)C(=O)O. The van der Waals surface area contributed by atoms with Gasteiger partial charge in [0.2, 0.25) is 0 Å². The van der Waals surface area contributed by atoms with Gasteiger partial charge in [-0.05, 0) is 18.8 Å². The zero-order valence-corrected chi connectivity index (χ0v) is 7.96. The maximum Gasteiger partial charge on any atom is 0.377 e. The van der Waals surface area contributed by atoms with Gasteiger partial charge in [0.05, 0.1) is 0 Å². The summed E-state index contributed by atoms with van der Waals surface area (Å²) in [4.78, 5) is 10.4. The van der Waals surface area contributed by atoms with Crippen LogP contribution < -0.4 is 0 Å². The van der Waals surface area contributed by atoms with Crippen molar-refractivity contribution in [3.8, 4) is 0 Å². The lowest BCUT2D eigenvalue weighted by atomic mass is 9.72. The van der Waals surface area contributed by atoms with Crippen LogP contribution in [0.4, 0.5) is 8.78 Å². The van der Waals surface area contributed by atoms with Crippen molar-refractivity contribution in [2.75, 3.05) is 0 Å². The Morgan fingerprint density at radius 3 is 2.50 bits per heavy atom. The highest BCUT2D eigenvalue weighted by atomic mass is 19.3. The fourth-order valence-electron chi connectivity index (χ4n) is 1.98. The summed E-state index contributed by atoms with van der Waals surface area (Å²) in [5, 5.41) is 18.1. The molecule has 0 amide bonds. The van der Waals surface area contributed by atoms with Crippen molar-refractivity contribution in [1.29, 1.82) is 0 Å². The molecule has 2 unspecified atom stereocenters. The number of halogens is 2. The third-order valence-corrected chi connectivity index (χ3v) is 3.07. The first-order valence-corrected chi connectivity index (χ1v) is 4.66. The van der Waals surface area contributed by atoms with Gasteiger partial charge in [-0.25, -0.2) is 4.79 Å². The number of aliphatic carboxylic acids is 1. The van der Waals surface area contributed by atoms with E-state index in [2.05, 4.69) is 0 Å². The van der Waals surface area contributed by atoms with Crippen LogP contribution in [-0.2, 0) is 4.79 Å². The normalized spacial score (nSPS) is 34.1. The predicted molar refractivity (Wildman–Crippen MR) is 45.2 cm³/mol. The second kappa shape index (κ2) is 3.46. The minimum Gasteiger partial charge on any atom is -0.477 e. The molecule has 0 aromatic carbocycles. The molecule has 2 N–H and O–H groups in total. The highest BCUT2D eigenvalue weighted by molar-refractivity contribution is 5.77. The van der Waals surface area contributed by atoms with Crippen molar-refractivity contribution >= 4 is 5.97 Å². The van der Waals surface area contributed by atoms with Crippen LogP contribution in [0.3, 0.4) is 0 Å². The van der Waals surface area contributed by atoms with Gasteiger partial charge in [-0.1, -0.05) is 19.8 Å². The molecular formula is C9H14F2O3. The molecule has 1 rings (SSSR count). The van der Waals surface area contributed by atoms with Gasteiger partial charge in [0.1, 0.15) is 5.60 Å². The Hall–Kier alpha value is -0.710. The van der Waals surface area contributed by atoms with Crippen LogP contribution in [0.25, 0.3) is 0 Å². The van der Waals surface area contributed by atoms with E-state index in [1.165, 1.54) is 6.92 Å². The maximum absolute atomic E-state index is 13.2. The average Bonchev–Trinajstić information content (AvgIpc) is 2.09. The van der Waals surface area contributed by atoms with Gasteiger partial charge >= 0.3 is 11.9 Å². The smallest absolute Gasteiger partial charge is 0.377 e. The van der Waals surface area contributed by atoms with E-state index in [0.29, 0.717) is 12.8 Å². The van der Waals surface area contributed by atoms with Gasteiger partial charge < -0.3 is 10.2 Å². The topological polar surface area (TPSA) is 57.5 Å². The van der Waals surface area contributed by atoms with Crippen LogP contribution in [0, 0.1) is 5.92 Å². The third-order valence-electron chi connectivity index (χ3n) is 3.07. The quantitative estimate of drug-likeness (QED) is 0.725. The molecule has 3 nitrogen and oxygen atoms in total. The van der Waals surface area contributed by atoms with Gasteiger partial charge in [0.15, 0.2) is 0 Å². The van der Waals surface area contributed by atoms with Crippen LogP contribution in [0.2, 0.25) is 0 Å². The summed E-state index contributed by atoms with van der Waals surface area (Å²) in [6.45, 7) is 1.47. The van der Waals surface area contributed by atoms with Crippen molar-refractivity contribution in [2.24, 2.45) is 5.92 Å². The number of carbonyl (C=O) groups is 1. The molecule has 82 valence electrons. The van der Waals surface area contributed by atoms with E-state index < -0.39 is 23.4 Å². The molecule has 0 aromatic heterocycles. The van der Waals surface area contributed by atoms with E-state index in [1.54, 1.807) is 0 Å². The largest absolute Gasteiger partial charge is 0.477 e. The van der Waals surface area contributed by atoms with E-state index in [1.807, 2.05) is 0 Å². The standard InChI is InChI=1S/C9H14F2O3/c1-6-4-2-3-5-8(6,14)9(10,11)7(12)13/h6,14H,2-5H2,1H3,(H,12,13). The molecule has 1 saturated carbocycles. The number of hydrogen-bond acceptors (Lipinski definition) is 2. The zero-order chi connectivity index (χ0) is 11.0. The molecule has 1 aliphatic rings. The highest BCUT2D eigenvalue weighted by Gasteiger charge is 2.61. The fraction of sp³-hybridized carbons (Fsp3) is 0.889. The lowest BCUT2D eigenvalue weighted by Gasteiger charge is -2.41. The van der Waals surface area contributed by atoms with Gasteiger partial charge in [-0.15, -0.1) is 0 Å². The molecule has 0 spiro atoms. The second-order valence-corrected chi connectivity index (χ2v) is 3.95. The first-order valence-electron chi connectivity index (χ1n) is 4.66. The fourth-order valence-corrected chi connectivity index (χ4v) is 1.98. The van der Waals surface area contributed by atoms with E-state index in [9.17, 15) is 18.7 Å². The van der Waals surface area contributed by atoms with Crippen LogP contribution in [0.15, 0.2) is 0 Å². The molecule has 0 heterocycles. The van der Waals surface area contributed by atoms with E-state index in [4.69, 9.17) is 5.11 Å². The minimum absolute atomic E-state index is 0.145. The Bertz CT molecular complexity index is 242. The number of aliphatic hydroxyl groups is 1. The van der Waals surface area contributed by atoms with Gasteiger partial charge in [0, 0.05) is 0 Å². The highest BCUT2D eigenvalue weighted by Crippen LogP contribution is 2.44. The molecule has 2 atom stereocenters. The van der Waals surface area contributed by atoms with Crippen LogP contribution in [0.1, 0.15) is 32.6 Å². The number of alkyl halides is 2. The Kier molecular flexibility index (Phi) is 2.81. The number of hydrogen-bond donors (Lipinski definition) is 2. The molecule has 1 fully saturated rings. The summed E-state index contributed by atoms with van der Waals surface area (Å²) in [5.74, 6) is -6.97. The van der Waals surface area contributed by atoms with Gasteiger partial charge in [0.25, 0.3) is 0 Å². The first kappa shape index (κ1) is 11.4. The molecule has 5 heteroatoms. The molecule has 0 aromatic rings. The van der Waals surface area contributed by atoms with Crippen LogP contribution in [-0.4, -0.2) is 27.7 Å². The molecule has 0 radical (unpaired) electrons. The average molecular weight is 208 g/mol. The summed E-state index contributed by atoms with van der Waals surface area (Å²) in [5.41, 5.74) is -2.38. The Morgan fingerprint density at radius 1 is 1.50 bits per heavy atom. The summed E-state index contributed by atoms with van der Waals surface area (Å²) in [6, 6.07) is 0. The molecular weight excluding hydrogens is 194 g/mol. The Labute approximate surface area is 80.7 Å². The Balaban J connectivity index is 2.96.